The molecule has 0 bridgehead atoms. The first-order valence-electron chi connectivity index (χ1n) is 14.0. The molecule has 4 aliphatic carbocycles. The maximum Gasteiger partial charge on any atom is 0.361 e. The van der Waals surface area contributed by atoms with E-state index >= 15 is 0 Å². The van der Waals surface area contributed by atoms with Gasteiger partial charge in [0.1, 0.15) is 11.7 Å². The molecule has 4 N–H and O–H groups in total. The Labute approximate surface area is 243 Å². The summed E-state index contributed by atoms with van der Waals surface area (Å²) in [6, 6.07) is 2.86. The molecule has 0 saturated heterocycles. The lowest BCUT2D eigenvalue weighted by Gasteiger charge is -2.61. The Morgan fingerprint density at radius 3 is 2.80 bits per heavy atom. The van der Waals surface area contributed by atoms with Crippen molar-refractivity contribution in [3.8, 4) is 0 Å². The number of aliphatic imine (C=N–C) groups is 1. The summed E-state index contributed by atoms with van der Waals surface area (Å²) in [5.74, 6) is -1.09. The minimum atomic E-state index is -1.29. The Morgan fingerprint density at radius 1 is 1.34 bits per heavy atom. The molecule has 4 aliphatic rings. The number of oxazole rings is 1. The second-order valence-corrected chi connectivity index (χ2v) is 12.9. The lowest BCUT2D eigenvalue weighted by atomic mass is 9.45. The molecule has 6 rings (SSSR count). The molecular formula is C30H35FN4O5S. The van der Waals surface area contributed by atoms with Gasteiger partial charge in [-0.05, 0) is 91.7 Å². The molecule has 41 heavy (non-hydrogen) atoms. The predicted molar refractivity (Wildman–Crippen MR) is 152 cm³/mol. The van der Waals surface area contributed by atoms with Gasteiger partial charge in [-0.3, -0.25) is 0 Å². The van der Waals surface area contributed by atoms with Crippen LogP contribution in [-0.2, 0) is 4.74 Å². The summed E-state index contributed by atoms with van der Waals surface area (Å²) in [5.41, 5.74) is 5.84. The molecule has 218 valence electrons. The van der Waals surface area contributed by atoms with Crippen molar-refractivity contribution >= 4 is 30.0 Å². The summed E-state index contributed by atoms with van der Waals surface area (Å²) >= 11 is 4.43. The number of pyridine rings is 1. The monoisotopic (exact) mass is 582 g/mol. The van der Waals surface area contributed by atoms with Crippen molar-refractivity contribution in [1.29, 1.82) is 0 Å². The molecule has 11 heteroatoms. The van der Waals surface area contributed by atoms with Gasteiger partial charge in [0, 0.05) is 5.41 Å². The molecule has 0 aliphatic heterocycles. The number of esters is 1. The summed E-state index contributed by atoms with van der Waals surface area (Å²) in [7, 11) is 0. The van der Waals surface area contributed by atoms with Crippen LogP contribution >= 0.6 is 12.6 Å². The summed E-state index contributed by atoms with van der Waals surface area (Å²) in [6.07, 6.45) is 10.4. The van der Waals surface area contributed by atoms with E-state index in [9.17, 15) is 19.4 Å². The highest BCUT2D eigenvalue weighted by molar-refractivity contribution is 7.80. The Morgan fingerprint density at radius 2 is 2.15 bits per heavy atom. The zero-order chi connectivity index (χ0) is 29.2. The highest BCUT2D eigenvalue weighted by Crippen LogP contribution is 2.69. The fourth-order valence-electron chi connectivity index (χ4n) is 8.70. The molecule has 0 aromatic carbocycles. The molecule has 0 spiro atoms. The van der Waals surface area contributed by atoms with Crippen LogP contribution in [0.3, 0.4) is 0 Å². The SMILES string of the molecule is C[C@]12CC(=CN)C(=Nc3ccc(F)nc3)C=C1CC[C@@H]1C2C(O)C[C@@]2(C)C1CC[C@]2(OC(=O)c1cocn1)C(O)S. The lowest BCUT2D eigenvalue weighted by Crippen LogP contribution is -2.63. The Balaban J connectivity index is 1.34. The van der Waals surface area contributed by atoms with Crippen LogP contribution in [0.25, 0.3) is 0 Å². The fourth-order valence-corrected chi connectivity index (χ4v) is 9.18. The van der Waals surface area contributed by atoms with E-state index in [0.29, 0.717) is 24.9 Å². The van der Waals surface area contributed by atoms with Gasteiger partial charge in [0.05, 0.1) is 23.7 Å². The molecule has 0 radical (unpaired) electrons. The highest BCUT2D eigenvalue weighted by Gasteiger charge is 2.70. The molecule has 2 aromatic heterocycles. The van der Waals surface area contributed by atoms with Crippen molar-refractivity contribution in [2.45, 2.75) is 69.5 Å². The number of allylic oxidation sites excluding steroid dienone is 3. The Bertz CT molecular complexity index is 1430. The standard InChI is InChI=1S/C30H35FN4O5S/c1-28-10-16(12-32)21(35-18-4-6-24(31)33-13-18)9-17(28)3-5-19-20-7-8-30(27(38)41,29(20,2)11-23(36)25(19)28)40-26(37)22-14-39-15-34-22/h4,6,9,12-15,19-20,23,25,27,36,38,41H,3,5,7-8,10-11,32H2,1-2H3/t19-,20?,23?,25?,27?,28-,29-,30-/m0/s1. The van der Waals surface area contributed by atoms with Gasteiger partial charge in [-0.2, -0.15) is 4.39 Å². The van der Waals surface area contributed by atoms with Crippen LogP contribution < -0.4 is 5.73 Å². The van der Waals surface area contributed by atoms with Gasteiger partial charge in [-0.1, -0.05) is 19.4 Å². The fraction of sp³-hybridized carbons (Fsp3) is 0.533. The number of rotatable bonds is 4. The number of thiol groups is 1. The molecule has 9 nitrogen and oxygen atoms in total. The number of nitrogens with zero attached hydrogens (tertiary/aromatic N) is 3. The van der Waals surface area contributed by atoms with Crippen LogP contribution in [0.4, 0.5) is 10.1 Å². The number of halogens is 1. The quantitative estimate of drug-likeness (QED) is 0.178. The lowest BCUT2D eigenvalue weighted by molar-refractivity contribution is -0.187. The number of hydrogen-bond donors (Lipinski definition) is 4. The van der Waals surface area contributed by atoms with E-state index in [0.717, 1.165) is 36.9 Å². The van der Waals surface area contributed by atoms with Crippen LogP contribution in [-0.4, -0.2) is 49.0 Å². The third kappa shape index (κ3) is 4.27. The highest BCUT2D eigenvalue weighted by atomic mass is 32.1. The third-order valence-electron chi connectivity index (χ3n) is 10.5. The van der Waals surface area contributed by atoms with Gasteiger partial charge in [0.2, 0.25) is 5.95 Å². The second-order valence-electron chi connectivity index (χ2n) is 12.4. The molecule has 8 atom stereocenters. The third-order valence-corrected chi connectivity index (χ3v) is 11.0. The van der Waals surface area contributed by atoms with E-state index in [-0.39, 0.29) is 28.9 Å². The number of fused-ring (bicyclic) bond motifs is 5. The van der Waals surface area contributed by atoms with Gasteiger partial charge in [-0.15, -0.1) is 12.6 Å². The number of aromatic nitrogens is 2. The van der Waals surface area contributed by atoms with E-state index in [1.807, 2.05) is 6.92 Å². The number of nitrogens with two attached hydrogens (primary N) is 1. The topological polar surface area (TPSA) is 144 Å². The Kier molecular flexibility index (Phi) is 6.90. The van der Waals surface area contributed by atoms with Gasteiger partial charge in [0.25, 0.3) is 0 Å². The van der Waals surface area contributed by atoms with Crippen LogP contribution in [0.1, 0.15) is 62.9 Å². The molecule has 2 heterocycles. The van der Waals surface area contributed by atoms with Crippen LogP contribution in [0.15, 0.2) is 63.8 Å². The number of carbonyl (C=O) groups excluding carboxylic acids is 1. The zero-order valence-electron chi connectivity index (χ0n) is 23.0. The van der Waals surface area contributed by atoms with E-state index in [1.54, 1.807) is 12.3 Å². The summed E-state index contributed by atoms with van der Waals surface area (Å²) < 4.78 is 24.4. The van der Waals surface area contributed by atoms with Gasteiger partial charge < -0.3 is 25.1 Å². The van der Waals surface area contributed by atoms with Gasteiger partial charge in [0.15, 0.2) is 17.7 Å². The van der Waals surface area contributed by atoms with Crippen LogP contribution in [0.2, 0.25) is 0 Å². The first kappa shape index (κ1) is 28.1. The number of aliphatic hydroxyl groups is 2. The van der Waals surface area contributed by atoms with Crippen molar-refractivity contribution in [1.82, 2.24) is 9.97 Å². The maximum atomic E-state index is 13.3. The number of hydrogen-bond acceptors (Lipinski definition) is 10. The smallest absolute Gasteiger partial charge is 0.361 e. The number of carbonyl (C=O) groups is 1. The average molecular weight is 583 g/mol. The van der Waals surface area contributed by atoms with Gasteiger partial charge in [-0.25, -0.2) is 19.8 Å². The number of ether oxygens (including phenoxy) is 1. The second kappa shape index (κ2) is 10.1. The normalized spacial score (nSPS) is 39.0. The minimum Gasteiger partial charge on any atom is -0.451 e. The summed E-state index contributed by atoms with van der Waals surface area (Å²) in [4.78, 5) is 25.4. The van der Waals surface area contributed by atoms with Gasteiger partial charge >= 0.3 is 5.97 Å². The van der Waals surface area contributed by atoms with E-state index in [2.05, 4.69) is 35.6 Å². The zero-order valence-corrected chi connectivity index (χ0v) is 23.9. The molecular weight excluding hydrogens is 547 g/mol. The number of aliphatic hydroxyl groups excluding tert-OH is 2. The molecule has 2 aromatic rings. The van der Waals surface area contributed by atoms with Crippen LogP contribution in [0.5, 0.6) is 0 Å². The predicted octanol–water partition coefficient (Wildman–Crippen LogP) is 4.51. The van der Waals surface area contributed by atoms with E-state index < -0.39 is 34.5 Å². The molecule has 4 unspecified atom stereocenters. The molecule has 0 amide bonds. The minimum absolute atomic E-state index is 0.0248. The first-order valence-corrected chi connectivity index (χ1v) is 14.5. The van der Waals surface area contributed by atoms with Crippen LogP contribution in [0, 0.1) is 34.5 Å². The molecule has 3 fully saturated rings. The largest absolute Gasteiger partial charge is 0.451 e. The average Bonchev–Trinajstić information content (AvgIpc) is 3.57. The van der Waals surface area contributed by atoms with Crippen molar-refractivity contribution in [3.05, 3.63) is 66.1 Å². The van der Waals surface area contributed by atoms with Crippen molar-refractivity contribution in [2.75, 3.05) is 0 Å². The summed E-state index contributed by atoms with van der Waals surface area (Å²) in [5, 5.41) is 22.9. The van der Waals surface area contributed by atoms with Crippen molar-refractivity contribution < 1.29 is 28.6 Å². The Hall–Kier alpha value is -3.02. The summed E-state index contributed by atoms with van der Waals surface area (Å²) in [6.45, 7) is 4.21. The molecule has 3 saturated carbocycles. The van der Waals surface area contributed by atoms with E-state index in [4.69, 9.17) is 19.9 Å². The first-order chi connectivity index (χ1) is 19.5. The maximum absolute atomic E-state index is 13.3. The van der Waals surface area contributed by atoms with Crippen molar-refractivity contribution in [3.63, 3.8) is 0 Å². The van der Waals surface area contributed by atoms with Crippen molar-refractivity contribution in [2.24, 2.45) is 39.3 Å². The van der Waals surface area contributed by atoms with E-state index in [1.165, 1.54) is 24.1 Å².